The third kappa shape index (κ3) is 3.56. The second-order valence-electron chi connectivity index (χ2n) is 7.11. The zero-order valence-corrected chi connectivity index (χ0v) is 16.9. The quantitative estimate of drug-likeness (QED) is 0.309. The van der Waals surface area contributed by atoms with Crippen LogP contribution in [0.1, 0.15) is 23.6 Å². The van der Waals surface area contributed by atoms with Crippen molar-refractivity contribution >= 4 is 22.5 Å². The number of hydrogen-bond donors (Lipinski definition) is 0. The van der Waals surface area contributed by atoms with Gasteiger partial charge < -0.3 is 0 Å². The highest BCUT2D eigenvalue weighted by molar-refractivity contribution is 6.31. The van der Waals surface area contributed by atoms with Crippen molar-refractivity contribution < 1.29 is 17.6 Å². The van der Waals surface area contributed by atoms with Crippen LogP contribution in [0.2, 0.25) is 5.02 Å². The molecule has 30 heavy (non-hydrogen) atoms. The fourth-order valence-corrected chi connectivity index (χ4v) is 3.83. The highest BCUT2D eigenvalue weighted by Crippen LogP contribution is 2.35. The van der Waals surface area contributed by atoms with Gasteiger partial charge in [-0.05, 0) is 65.9 Å². The average Bonchev–Trinajstić information content (AvgIpc) is 3.12. The molecule has 0 radical (unpaired) electrons. The molecule has 0 aliphatic carbocycles. The Bertz CT molecular complexity index is 1260. The number of fused-ring (bicyclic) bond motifs is 1. The lowest BCUT2D eigenvalue weighted by Gasteiger charge is -2.13. The van der Waals surface area contributed by atoms with Crippen molar-refractivity contribution in [1.29, 1.82) is 0 Å². The predicted octanol–water partition coefficient (Wildman–Crippen LogP) is 7.37. The monoisotopic (exact) mass is 432 g/mol. The highest BCUT2D eigenvalue weighted by Gasteiger charge is 2.35. The first-order valence-electron chi connectivity index (χ1n) is 9.33. The summed E-state index contributed by atoms with van der Waals surface area (Å²) in [6.07, 6.45) is -2.38. The third-order valence-electron chi connectivity index (χ3n) is 5.12. The fraction of sp³-hybridized carbons (Fsp3) is 0.174. The minimum atomic E-state index is -4.79. The molecule has 0 saturated carbocycles. The van der Waals surface area contributed by atoms with Crippen LogP contribution < -0.4 is 0 Å². The van der Waals surface area contributed by atoms with E-state index in [-0.39, 0.29) is 11.3 Å². The molecule has 154 valence electrons. The Labute approximate surface area is 175 Å². The van der Waals surface area contributed by atoms with E-state index in [4.69, 9.17) is 11.6 Å². The molecule has 0 unspecified atom stereocenters. The van der Waals surface area contributed by atoms with Crippen LogP contribution >= 0.6 is 11.6 Å². The molecule has 1 aromatic heterocycles. The lowest BCUT2D eigenvalue weighted by Crippen LogP contribution is -2.11. The number of aromatic nitrogens is 2. The first-order valence-corrected chi connectivity index (χ1v) is 9.71. The van der Waals surface area contributed by atoms with E-state index in [0.29, 0.717) is 10.5 Å². The van der Waals surface area contributed by atoms with Crippen LogP contribution in [0.4, 0.5) is 17.6 Å². The van der Waals surface area contributed by atoms with Gasteiger partial charge >= 0.3 is 6.18 Å². The Morgan fingerprint density at radius 2 is 1.70 bits per heavy atom. The van der Waals surface area contributed by atoms with Gasteiger partial charge in [-0.25, -0.2) is 9.07 Å². The van der Waals surface area contributed by atoms with E-state index >= 15 is 0 Å². The second-order valence-corrected chi connectivity index (χ2v) is 7.52. The predicted molar refractivity (Wildman–Crippen MR) is 111 cm³/mol. The van der Waals surface area contributed by atoms with Crippen LogP contribution in [0.3, 0.4) is 0 Å². The molecule has 0 aliphatic heterocycles. The van der Waals surface area contributed by atoms with Crippen LogP contribution in [0.15, 0.2) is 54.7 Å². The standard InChI is InChI=1S/C23H17ClF4N2/c1-3-14-4-5-16(10-20(14)24)15-6-7-21-17(9-15)12-29-30(21)18-8-13(2)22(25)19(11-18)23(26,27)28/h4-12H,3H2,1-2H3. The van der Waals surface area contributed by atoms with Gasteiger partial charge in [0.1, 0.15) is 5.82 Å². The number of hydrogen-bond acceptors (Lipinski definition) is 1. The molecule has 0 N–H and O–H groups in total. The molecular formula is C23H17ClF4N2. The lowest BCUT2D eigenvalue weighted by molar-refractivity contribution is -0.140. The van der Waals surface area contributed by atoms with Crippen molar-refractivity contribution in [1.82, 2.24) is 9.78 Å². The fourth-order valence-electron chi connectivity index (χ4n) is 3.51. The summed E-state index contributed by atoms with van der Waals surface area (Å²) in [5.41, 5.74) is 2.28. The normalized spacial score (nSPS) is 12.0. The van der Waals surface area contributed by atoms with Gasteiger partial charge in [0.2, 0.25) is 0 Å². The van der Waals surface area contributed by atoms with Crippen LogP contribution in [0, 0.1) is 12.7 Å². The van der Waals surface area contributed by atoms with E-state index in [2.05, 4.69) is 5.10 Å². The maximum Gasteiger partial charge on any atom is 0.419 e. The molecule has 3 aromatic carbocycles. The Hall–Kier alpha value is -2.86. The smallest absolute Gasteiger partial charge is 0.233 e. The molecule has 0 fully saturated rings. The summed E-state index contributed by atoms with van der Waals surface area (Å²) in [6, 6.07) is 13.5. The second kappa shape index (κ2) is 7.43. The number of halogens is 5. The maximum atomic E-state index is 14.0. The molecule has 7 heteroatoms. The summed E-state index contributed by atoms with van der Waals surface area (Å²) in [6.45, 7) is 3.34. The Morgan fingerprint density at radius 1 is 1.00 bits per heavy atom. The number of benzene rings is 3. The van der Waals surface area contributed by atoms with Crippen molar-refractivity contribution in [3.8, 4) is 16.8 Å². The number of aryl methyl sites for hydroxylation is 2. The summed E-state index contributed by atoms with van der Waals surface area (Å²) in [5, 5.41) is 5.68. The molecule has 0 atom stereocenters. The minimum absolute atomic E-state index is 0.0919. The summed E-state index contributed by atoms with van der Waals surface area (Å²) in [5.74, 6) is -1.27. The van der Waals surface area contributed by atoms with Gasteiger partial charge in [0.05, 0.1) is 23.0 Å². The molecule has 1 heterocycles. The van der Waals surface area contributed by atoms with Gasteiger partial charge in [0, 0.05) is 10.4 Å². The minimum Gasteiger partial charge on any atom is -0.233 e. The molecule has 2 nitrogen and oxygen atoms in total. The van der Waals surface area contributed by atoms with Gasteiger partial charge in [0.25, 0.3) is 0 Å². The van der Waals surface area contributed by atoms with Gasteiger partial charge in [-0.3, -0.25) is 0 Å². The van der Waals surface area contributed by atoms with Crippen molar-refractivity contribution in [2.45, 2.75) is 26.4 Å². The molecule has 0 saturated heterocycles. The molecule has 4 aromatic rings. The summed E-state index contributed by atoms with van der Waals surface area (Å²) in [4.78, 5) is 0. The van der Waals surface area contributed by atoms with E-state index < -0.39 is 17.6 Å². The topological polar surface area (TPSA) is 17.8 Å². The summed E-state index contributed by atoms with van der Waals surface area (Å²) in [7, 11) is 0. The SMILES string of the molecule is CCc1ccc(-c2ccc3c(cnn3-c3cc(C)c(F)c(C(F)(F)F)c3)c2)cc1Cl. The van der Waals surface area contributed by atoms with Crippen molar-refractivity contribution in [3.05, 3.63) is 82.3 Å². The Morgan fingerprint density at radius 3 is 2.37 bits per heavy atom. The lowest BCUT2D eigenvalue weighted by atomic mass is 10.0. The first kappa shape index (κ1) is 20.4. The Balaban J connectivity index is 1.80. The largest absolute Gasteiger partial charge is 0.419 e. The van der Waals surface area contributed by atoms with Gasteiger partial charge in [-0.15, -0.1) is 0 Å². The van der Waals surface area contributed by atoms with Crippen molar-refractivity contribution in [3.63, 3.8) is 0 Å². The van der Waals surface area contributed by atoms with Crippen LogP contribution in [0.25, 0.3) is 27.7 Å². The molecule has 0 spiro atoms. The van der Waals surface area contributed by atoms with E-state index in [1.165, 1.54) is 17.7 Å². The van der Waals surface area contributed by atoms with E-state index in [1.54, 1.807) is 12.3 Å². The molecule has 0 bridgehead atoms. The highest BCUT2D eigenvalue weighted by atomic mass is 35.5. The van der Waals surface area contributed by atoms with Crippen molar-refractivity contribution in [2.24, 2.45) is 0 Å². The van der Waals surface area contributed by atoms with E-state index in [1.807, 2.05) is 37.3 Å². The van der Waals surface area contributed by atoms with Crippen molar-refractivity contribution in [2.75, 3.05) is 0 Å². The summed E-state index contributed by atoms with van der Waals surface area (Å²) >= 11 is 6.32. The van der Waals surface area contributed by atoms with Crippen LogP contribution in [-0.4, -0.2) is 9.78 Å². The Kier molecular flexibility index (Phi) is 5.06. The number of alkyl halides is 3. The first-order chi connectivity index (χ1) is 14.2. The zero-order chi connectivity index (χ0) is 21.6. The number of rotatable bonds is 3. The maximum absolute atomic E-state index is 14.0. The zero-order valence-electron chi connectivity index (χ0n) is 16.2. The van der Waals surface area contributed by atoms with Crippen LogP contribution in [-0.2, 0) is 12.6 Å². The van der Waals surface area contributed by atoms with Gasteiger partial charge in [-0.1, -0.05) is 36.7 Å². The van der Waals surface area contributed by atoms with Crippen LogP contribution in [0.5, 0.6) is 0 Å². The average molecular weight is 433 g/mol. The van der Waals surface area contributed by atoms with Gasteiger partial charge in [0.15, 0.2) is 0 Å². The molecule has 4 rings (SSSR count). The molecule has 0 aliphatic rings. The molecular weight excluding hydrogens is 416 g/mol. The number of nitrogens with zero attached hydrogens (tertiary/aromatic N) is 2. The van der Waals surface area contributed by atoms with E-state index in [0.717, 1.165) is 34.6 Å². The summed E-state index contributed by atoms with van der Waals surface area (Å²) < 4.78 is 55.0. The van der Waals surface area contributed by atoms with Gasteiger partial charge in [-0.2, -0.15) is 18.3 Å². The third-order valence-corrected chi connectivity index (χ3v) is 5.48. The van der Waals surface area contributed by atoms with E-state index in [9.17, 15) is 17.6 Å². The molecule has 0 amide bonds.